The number of rotatable bonds is 7. The first-order chi connectivity index (χ1) is 9.76. The largest absolute Gasteiger partial charge is 0.354 e. The molecule has 0 radical (unpaired) electrons. The van der Waals surface area contributed by atoms with Crippen molar-refractivity contribution in [3.8, 4) is 11.3 Å². The zero-order valence-electron chi connectivity index (χ0n) is 12.1. The smallest absolute Gasteiger partial charge is 0.171 e. The van der Waals surface area contributed by atoms with Crippen LogP contribution in [0.5, 0.6) is 0 Å². The van der Waals surface area contributed by atoms with Crippen LogP contribution in [0.3, 0.4) is 0 Å². The summed E-state index contributed by atoms with van der Waals surface area (Å²) in [6.45, 7) is 2.73. The normalized spacial score (nSPS) is 12.8. The number of hydrogen-bond acceptors (Lipinski definition) is 4. The molecule has 1 atom stereocenters. The molecule has 1 aromatic heterocycles. The molecule has 0 aliphatic rings. The summed E-state index contributed by atoms with van der Waals surface area (Å²) in [5.41, 5.74) is 3.29. The molecule has 0 fully saturated rings. The van der Waals surface area contributed by atoms with Gasteiger partial charge >= 0.3 is 0 Å². The fourth-order valence-corrected chi connectivity index (χ4v) is 2.17. The predicted octanol–water partition coefficient (Wildman–Crippen LogP) is 2.17. The van der Waals surface area contributed by atoms with Gasteiger partial charge in [0.25, 0.3) is 0 Å². The van der Waals surface area contributed by atoms with Crippen LogP contribution in [0.1, 0.15) is 12.5 Å². The van der Waals surface area contributed by atoms with E-state index in [1.807, 2.05) is 31.3 Å². The van der Waals surface area contributed by atoms with E-state index in [4.69, 9.17) is 9.47 Å². The third kappa shape index (κ3) is 3.45. The van der Waals surface area contributed by atoms with E-state index in [1.165, 1.54) is 0 Å². The Kier molecular flexibility index (Phi) is 5.29. The van der Waals surface area contributed by atoms with Gasteiger partial charge in [-0.1, -0.05) is 30.3 Å². The number of nitrogens with one attached hydrogen (secondary N) is 2. The predicted molar refractivity (Wildman–Crippen MR) is 78.1 cm³/mol. The minimum atomic E-state index is -0.262. The Bertz CT molecular complexity index is 509. The van der Waals surface area contributed by atoms with Crippen LogP contribution < -0.4 is 5.32 Å². The molecule has 20 heavy (non-hydrogen) atoms. The Morgan fingerprint density at radius 3 is 2.55 bits per heavy atom. The summed E-state index contributed by atoms with van der Waals surface area (Å²) in [6.07, 6.45) is 1.58. The highest BCUT2D eigenvalue weighted by atomic mass is 16.7. The summed E-state index contributed by atoms with van der Waals surface area (Å²) in [5, 5.41) is 10.6. The average molecular weight is 275 g/mol. The summed E-state index contributed by atoms with van der Waals surface area (Å²) >= 11 is 0. The molecule has 5 heteroatoms. The van der Waals surface area contributed by atoms with Crippen molar-refractivity contribution in [3.63, 3.8) is 0 Å². The first kappa shape index (κ1) is 14.7. The van der Waals surface area contributed by atoms with Crippen molar-refractivity contribution >= 4 is 0 Å². The molecule has 0 bridgehead atoms. The topological polar surface area (TPSA) is 59.2 Å². The zero-order chi connectivity index (χ0) is 14.4. The monoisotopic (exact) mass is 275 g/mol. The lowest BCUT2D eigenvalue weighted by Crippen LogP contribution is -2.39. The quantitative estimate of drug-likeness (QED) is 0.760. The van der Waals surface area contributed by atoms with Gasteiger partial charge in [-0.2, -0.15) is 5.10 Å². The maximum Gasteiger partial charge on any atom is 0.171 e. The number of nitrogens with zero attached hydrogens (tertiary/aromatic N) is 1. The van der Waals surface area contributed by atoms with E-state index in [0.717, 1.165) is 16.8 Å². The lowest BCUT2D eigenvalue weighted by molar-refractivity contribution is -0.119. The molecular formula is C15H21N3O2. The standard InChI is InChI=1S/C15H21N3O2/c1-11(15(19-2)20-3)16-9-13-10-17-18-14(13)12-7-5-4-6-8-12/h4-8,10-11,15-16H,9H2,1-3H3,(H,17,18). The molecule has 0 aliphatic heterocycles. The Hall–Kier alpha value is -1.69. The SMILES string of the molecule is COC(OC)C(C)NCc1cn[nH]c1-c1ccccc1. The first-order valence-electron chi connectivity index (χ1n) is 6.63. The fourth-order valence-electron chi connectivity index (χ4n) is 2.17. The van der Waals surface area contributed by atoms with Crippen molar-refractivity contribution < 1.29 is 9.47 Å². The van der Waals surface area contributed by atoms with E-state index < -0.39 is 0 Å². The maximum absolute atomic E-state index is 5.24. The molecule has 0 spiro atoms. The summed E-state index contributed by atoms with van der Waals surface area (Å²) in [7, 11) is 3.28. The van der Waals surface area contributed by atoms with Crippen LogP contribution in [0.2, 0.25) is 0 Å². The second-order valence-electron chi connectivity index (χ2n) is 4.65. The fraction of sp³-hybridized carbons (Fsp3) is 0.400. The van der Waals surface area contributed by atoms with Crippen molar-refractivity contribution in [3.05, 3.63) is 42.1 Å². The van der Waals surface area contributed by atoms with Gasteiger partial charge in [0.1, 0.15) is 0 Å². The lowest BCUT2D eigenvalue weighted by atomic mass is 10.1. The van der Waals surface area contributed by atoms with Crippen LogP contribution in [0.15, 0.2) is 36.5 Å². The number of methoxy groups -OCH3 is 2. The number of aromatic amines is 1. The van der Waals surface area contributed by atoms with Gasteiger partial charge in [-0.3, -0.25) is 5.10 Å². The molecular weight excluding hydrogens is 254 g/mol. The molecule has 0 amide bonds. The van der Waals surface area contributed by atoms with Crippen molar-refractivity contribution in [2.24, 2.45) is 0 Å². The van der Waals surface area contributed by atoms with Crippen molar-refractivity contribution in [1.82, 2.24) is 15.5 Å². The number of ether oxygens (including phenoxy) is 2. The van der Waals surface area contributed by atoms with Gasteiger partial charge in [-0.05, 0) is 12.5 Å². The average Bonchev–Trinajstić information content (AvgIpc) is 2.95. The maximum atomic E-state index is 5.24. The van der Waals surface area contributed by atoms with E-state index in [1.54, 1.807) is 14.2 Å². The van der Waals surface area contributed by atoms with Crippen LogP contribution in [0.25, 0.3) is 11.3 Å². The molecule has 5 nitrogen and oxygen atoms in total. The number of aromatic nitrogens is 2. The molecule has 0 aliphatic carbocycles. The van der Waals surface area contributed by atoms with E-state index >= 15 is 0 Å². The van der Waals surface area contributed by atoms with Gasteiger partial charge in [-0.15, -0.1) is 0 Å². The van der Waals surface area contributed by atoms with Gasteiger partial charge in [0, 0.05) is 26.3 Å². The van der Waals surface area contributed by atoms with Gasteiger partial charge < -0.3 is 14.8 Å². The van der Waals surface area contributed by atoms with Crippen LogP contribution in [-0.2, 0) is 16.0 Å². The van der Waals surface area contributed by atoms with Gasteiger partial charge in [0.2, 0.25) is 0 Å². The van der Waals surface area contributed by atoms with E-state index in [9.17, 15) is 0 Å². The van der Waals surface area contributed by atoms with Crippen LogP contribution >= 0.6 is 0 Å². The number of hydrogen-bond donors (Lipinski definition) is 2. The highest BCUT2D eigenvalue weighted by Gasteiger charge is 2.16. The second-order valence-corrected chi connectivity index (χ2v) is 4.65. The molecule has 1 aromatic carbocycles. The zero-order valence-corrected chi connectivity index (χ0v) is 12.1. The second kappa shape index (κ2) is 7.19. The number of benzene rings is 1. The molecule has 0 saturated heterocycles. The van der Waals surface area contributed by atoms with Crippen molar-refractivity contribution in [1.29, 1.82) is 0 Å². The summed E-state index contributed by atoms with van der Waals surface area (Å²) < 4.78 is 10.5. The Labute approximate surface area is 119 Å². The molecule has 2 rings (SSSR count). The lowest BCUT2D eigenvalue weighted by Gasteiger charge is -2.22. The van der Waals surface area contributed by atoms with E-state index in [2.05, 4.69) is 27.6 Å². The minimum absolute atomic E-state index is 0.0866. The molecule has 2 N–H and O–H groups in total. The highest BCUT2D eigenvalue weighted by Crippen LogP contribution is 2.20. The Morgan fingerprint density at radius 2 is 1.90 bits per heavy atom. The van der Waals surface area contributed by atoms with Gasteiger partial charge in [0.15, 0.2) is 6.29 Å². The molecule has 2 aromatic rings. The van der Waals surface area contributed by atoms with Gasteiger partial charge in [0.05, 0.1) is 17.9 Å². The Morgan fingerprint density at radius 1 is 1.20 bits per heavy atom. The number of H-pyrrole nitrogens is 1. The van der Waals surface area contributed by atoms with E-state index in [0.29, 0.717) is 6.54 Å². The van der Waals surface area contributed by atoms with Gasteiger partial charge in [-0.25, -0.2) is 0 Å². The highest BCUT2D eigenvalue weighted by molar-refractivity contribution is 5.62. The van der Waals surface area contributed by atoms with Crippen LogP contribution in [0.4, 0.5) is 0 Å². The molecule has 1 heterocycles. The van der Waals surface area contributed by atoms with Crippen molar-refractivity contribution in [2.75, 3.05) is 14.2 Å². The third-order valence-corrected chi connectivity index (χ3v) is 3.27. The molecule has 108 valence electrons. The third-order valence-electron chi connectivity index (χ3n) is 3.27. The summed E-state index contributed by atoms with van der Waals surface area (Å²) in [6, 6.07) is 10.2. The van der Waals surface area contributed by atoms with Crippen LogP contribution in [-0.4, -0.2) is 36.7 Å². The van der Waals surface area contributed by atoms with E-state index in [-0.39, 0.29) is 12.3 Å². The van der Waals surface area contributed by atoms with Crippen LogP contribution in [0, 0.1) is 0 Å². The summed E-state index contributed by atoms with van der Waals surface area (Å²) in [4.78, 5) is 0. The first-order valence-corrected chi connectivity index (χ1v) is 6.63. The molecule has 0 saturated carbocycles. The minimum Gasteiger partial charge on any atom is -0.354 e. The Balaban J connectivity index is 2.03. The molecule has 1 unspecified atom stereocenters. The summed E-state index contributed by atoms with van der Waals surface area (Å²) in [5.74, 6) is 0. The van der Waals surface area contributed by atoms with Crippen molar-refractivity contribution in [2.45, 2.75) is 25.8 Å².